The monoisotopic (exact) mass is 241 g/mol. The van der Waals surface area contributed by atoms with Crippen molar-refractivity contribution in [3.63, 3.8) is 0 Å². The van der Waals surface area contributed by atoms with Crippen molar-refractivity contribution >= 4 is 16.6 Å². The van der Waals surface area contributed by atoms with E-state index in [4.69, 9.17) is 4.74 Å². The van der Waals surface area contributed by atoms with Gasteiger partial charge in [-0.05, 0) is 19.1 Å². The van der Waals surface area contributed by atoms with E-state index in [0.29, 0.717) is 29.0 Å². The van der Waals surface area contributed by atoms with Gasteiger partial charge in [-0.3, -0.25) is 9.20 Å². The highest BCUT2D eigenvalue weighted by Crippen LogP contribution is 2.10. The van der Waals surface area contributed by atoms with E-state index in [1.807, 2.05) is 25.1 Å². The molecule has 18 heavy (non-hydrogen) atoms. The standard InChI is InChI=1S/C13H11N3O2/c1-2-18-12-8-16-11(7-14-12)15-10-6-4-3-5-9(10)13(16)17/h3-8H,2H2,1H3. The van der Waals surface area contributed by atoms with Gasteiger partial charge in [-0.1, -0.05) is 12.1 Å². The van der Waals surface area contributed by atoms with E-state index in [9.17, 15) is 4.79 Å². The zero-order valence-electron chi connectivity index (χ0n) is 9.83. The van der Waals surface area contributed by atoms with Crippen molar-refractivity contribution in [1.82, 2.24) is 14.4 Å². The Bertz CT molecular complexity index is 780. The maximum absolute atomic E-state index is 12.3. The van der Waals surface area contributed by atoms with Gasteiger partial charge in [0.2, 0.25) is 5.88 Å². The quantitative estimate of drug-likeness (QED) is 0.640. The number of ether oxygens (including phenoxy) is 1. The molecule has 2 aromatic heterocycles. The molecule has 0 radical (unpaired) electrons. The first kappa shape index (κ1) is 10.7. The van der Waals surface area contributed by atoms with Crippen molar-refractivity contribution in [2.24, 2.45) is 0 Å². The minimum atomic E-state index is -0.112. The second-order valence-corrected chi connectivity index (χ2v) is 3.82. The zero-order chi connectivity index (χ0) is 12.5. The van der Waals surface area contributed by atoms with E-state index < -0.39 is 0 Å². The largest absolute Gasteiger partial charge is 0.477 e. The summed E-state index contributed by atoms with van der Waals surface area (Å²) in [5, 5.41) is 0.587. The summed E-state index contributed by atoms with van der Waals surface area (Å²) in [6.45, 7) is 2.38. The molecule has 90 valence electrons. The van der Waals surface area contributed by atoms with Gasteiger partial charge < -0.3 is 4.74 Å². The molecular weight excluding hydrogens is 230 g/mol. The van der Waals surface area contributed by atoms with Gasteiger partial charge in [-0.2, -0.15) is 0 Å². The van der Waals surface area contributed by atoms with Crippen LogP contribution in [-0.2, 0) is 0 Å². The first-order valence-corrected chi connectivity index (χ1v) is 5.69. The Hall–Kier alpha value is -2.43. The maximum atomic E-state index is 12.3. The Morgan fingerprint density at radius 3 is 3.00 bits per heavy atom. The van der Waals surface area contributed by atoms with Crippen molar-refractivity contribution in [2.75, 3.05) is 6.61 Å². The van der Waals surface area contributed by atoms with Gasteiger partial charge in [0.1, 0.15) is 0 Å². The van der Waals surface area contributed by atoms with Crippen LogP contribution in [0.25, 0.3) is 16.6 Å². The molecule has 0 aliphatic carbocycles. The minimum absolute atomic E-state index is 0.112. The third-order valence-electron chi connectivity index (χ3n) is 2.67. The normalized spacial score (nSPS) is 10.9. The molecule has 0 saturated carbocycles. The molecule has 0 unspecified atom stereocenters. The van der Waals surface area contributed by atoms with Crippen LogP contribution in [0.4, 0.5) is 0 Å². The maximum Gasteiger partial charge on any atom is 0.265 e. The molecule has 2 heterocycles. The van der Waals surface area contributed by atoms with Crippen molar-refractivity contribution in [3.8, 4) is 5.88 Å². The summed E-state index contributed by atoms with van der Waals surface area (Å²) in [7, 11) is 0. The van der Waals surface area contributed by atoms with E-state index in [2.05, 4.69) is 9.97 Å². The van der Waals surface area contributed by atoms with Crippen LogP contribution in [0.15, 0.2) is 41.5 Å². The smallest absolute Gasteiger partial charge is 0.265 e. The summed E-state index contributed by atoms with van der Waals surface area (Å²) in [6.07, 6.45) is 3.11. The summed E-state index contributed by atoms with van der Waals surface area (Å²) >= 11 is 0. The average molecular weight is 241 g/mol. The first-order chi connectivity index (χ1) is 8.79. The third kappa shape index (κ3) is 1.60. The fraction of sp³-hybridized carbons (Fsp3) is 0.154. The molecule has 0 aliphatic heterocycles. The van der Waals surface area contributed by atoms with E-state index in [0.717, 1.165) is 0 Å². The number of hydrogen-bond donors (Lipinski definition) is 0. The molecule has 5 nitrogen and oxygen atoms in total. The lowest BCUT2D eigenvalue weighted by Gasteiger charge is -2.05. The molecule has 0 atom stereocenters. The molecule has 0 saturated heterocycles. The zero-order valence-corrected chi connectivity index (χ0v) is 9.83. The number of hydrogen-bond acceptors (Lipinski definition) is 4. The predicted octanol–water partition coefficient (Wildman–Crippen LogP) is 1.64. The lowest BCUT2D eigenvalue weighted by Crippen LogP contribution is -2.15. The Kier molecular flexibility index (Phi) is 2.44. The molecule has 5 heteroatoms. The van der Waals surface area contributed by atoms with E-state index >= 15 is 0 Å². The molecule has 0 N–H and O–H groups in total. The van der Waals surface area contributed by atoms with E-state index in [1.165, 1.54) is 4.40 Å². The number of fused-ring (bicyclic) bond motifs is 2. The van der Waals surface area contributed by atoms with Gasteiger partial charge in [0.05, 0.1) is 29.9 Å². The van der Waals surface area contributed by atoms with Gasteiger partial charge >= 0.3 is 0 Å². The summed E-state index contributed by atoms with van der Waals surface area (Å²) in [6, 6.07) is 7.25. The highest BCUT2D eigenvalue weighted by molar-refractivity contribution is 5.79. The first-order valence-electron chi connectivity index (χ1n) is 5.69. The van der Waals surface area contributed by atoms with Crippen molar-refractivity contribution in [2.45, 2.75) is 6.92 Å². The number of nitrogens with zero attached hydrogens (tertiary/aromatic N) is 3. The lowest BCUT2D eigenvalue weighted by atomic mass is 10.2. The molecule has 0 fully saturated rings. The van der Waals surface area contributed by atoms with Gasteiger partial charge in [0.25, 0.3) is 5.56 Å². The minimum Gasteiger partial charge on any atom is -0.477 e. The van der Waals surface area contributed by atoms with Gasteiger partial charge in [-0.15, -0.1) is 0 Å². The third-order valence-corrected chi connectivity index (χ3v) is 2.67. The lowest BCUT2D eigenvalue weighted by molar-refractivity contribution is 0.325. The molecule has 3 aromatic rings. The summed E-state index contributed by atoms with van der Waals surface area (Å²) in [4.78, 5) is 20.8. The topological polar surface area (TPSA) is 56.5 Å². The number of benzene rings is 1. The summed E-state index contributed by atoms with van der Waals surface area (Å²) in [5.41, 5.74) is 1.08. The molecule has 1 aromatic carbocycles. The van der Waals surface area contributed by atoms with Gasteiger partial charge in [-0.25, -0.2) is 9.97 Å². The molecule has 0 aliphatic rings. The van der Waals surface area contributed by atoms with Crippen LogP contribution in [0, 0.1) is 0 Å². The Balaban J connectivity index is 2.38. The number of para-hydroxylation sites is 1. The van der Waals surface area contributed by atoms with Crippen LogP contribution in [-0.4, -0.2) is 21.0 Å². The van der Waals surface area contributed by atoms with Crippen molar-refractivity contribution in [3.05, 3.63) is 47.0 Å². The second-order valence-electron chi connectivity index (χ2n) is 3.82. The SMILES string of the molecule is CCOc1cn2c(=O)c3ccccc3nc2cn1. The highest BCUT2D eigenvalue weighted by atomic mass is 16.5. The van der Waals surface area contributed by atoms with Crippen LogP contribution < -0.4 is 10.3 Å². The second kappa shape index (κ2) is 4.10. The molecule has 0 amide bonds. The van der Waals surface area contributed by atoms with Gasteiger partial charge in [0.15, 0.2) is 5.65 Å². The predicted molar refractivity (Wildman–Crippen MR) is 67.9 cm³/mol. The molecule has 0 bridgehead atoms. The van der Waals surface area contributed by atoms with E-state index in [1.54, 1.807) is 18.5 Å². The number of aromatic nitrogens is 3. The highest BCUT2D eigenvalue weighted by Gasteiger charge is 2.06. The van der Waals surface area contributed by atoms with Crippen molar-refractivity contribution in [1.29, 1.82) is 0 Å². The Morgan fingerprint density at radius 2 is 2.17 bits per heavy atom. The summed E-state index contributed by atoms with van der Waals surface area (Å²) < 4.78 is 6.74. The fourth-order valence-corrected chi connectivity index (χ4v) is 1.87. The van der Waals surface area contributed by atoms with Crippen LogP contribution in [0.3, 0.4) is 0 Å². The van der Waals surface area contributed by atoms with Gasteiger partial charge in [0, 0.05) is 0 Å². The average Bonchev–Trinajstić information content (AvgIpc) is 2.40. The molecular formula is C13H11N3O2. The van der Waals surface area contributed by atoms with Crippen molar-refractivity contribution < 1.29 is 4.74 Å². The number of rotatable bonds is 2. The Labute approximate surface area is 103 Å². The van der Waals surface area contributed by atoms with Crippen LogP contribution in [0.1, 0.15) is 6.92 Å². The Morgan fingerprint density at radius 1 is 1.33 bits per heavy atom. The van der Waals surface area contributed by atoms with Crippen LogP contribution in [0.5, 0.6) is 5.88 Å². The van der Waals surface area contributed by atoms with Crippen LogP contribution >= 0.6 is 0 Å². The summed E-state index contributed by atoms with van der Waals surface area (Å²) in [5.74, 6) is 0.421. The molecule has 0 spiro atoms. The van der Waals surface area contributed by atoms with E-state index in [-0.39, 0.29) is 5.56 Å². The fourth-order valence-electron chi connectivity index (χ4n) is 1.87. The van der Waals surface area contributed by atoms with Crippen LogP contribution in [0.2, 0.25) is 0 Å². The molecule has 3 rings (SSSR count).